The summed E-state index contributed by atoms with van der Waals surface area (Å²) in [7, 11) is 0. The number of nitrogens with two attached hydrogens (primary N) is 2. The number of ether oxygens (including phenoxy) is 2. The SMILES string of the molecule is NN/C=C(\N)COc1ccc(C2COc3c(C=O)cc(C(=O)NC4C5CC(O)CC54)cc32)cc1. The van der Waals surface area contributed by atoms with Crippen LogP contribution in [0.15, 0.2) is 48.3 Å². The van der Waals surface area contributed by atoms with Gasteiger partial charge in [-0.1, -0.05) is 12.1 Å². The summed E-state index contributed by atoms with van der Waals surface area (Å²) in [6.45, 7) is 0.575. The van der Waals surface area contributed by atoms with Crippen molar-refractivity contribution in [3.05, 3.63) is 70.5 Å². The van der Waals surface area contributed by atoms with E-state index in [1.807, 2.05) is 30.3 Å². The van der Waals surface area contributed by atoms with Gasteiger partial charge in [-0.2, -0.15) is 0 Å². The number of hydrogen-bond donors (Lipinski definition) is 5. The number of fused-ring (bicyclic) bond motifs is 2. The van der Waals surface area contributed by atoms with Gasteiger partial charge in [0.05, 0.1) is 24.0 Å². The fourth-order valence-corrected chi connectivity index (χ4v) is 5.22. The van der Waals surface area contributed by atoms with Gasteiger partial charge in [0.2, 0.25) is 0 Å². The first-order chi connectivity index (χ1) is 16.5. The number of benzene rings is 2. The quantitative estimate of drug-likeness (QED) is 0.222. The summed E-state index contributed by atoms with van der Waals surface area (Å²) in [6, 6.07) is 11.1. The van der Waals surface area contributed by atoms with E-state index in [0.29, 0.717) is 46.8 Å². The third-order valence-corrected chi connectivity index (χ3v) is 6.98. The zero-order chi connectivity index (χ0) is 23.8. The first-order valence-electron chi connectivity index (χ1n) is 11.4. The molecule has 3 atom stereocenters. The number of amides is 1. The molecule has 2 aliphatic carbocycles. The minimum absolute atomic E-state index is 0.105. The summed E-state index contributed by atoms with van der Waals surface area (Å²) in [5.74, 6) is 6.77. The zero-order valence-electron chi connectivity index (χ0n) is 18.6. The topological polar surface area (TPSA) is 149 Å². The number of aliphatic hydroxyl groups is 1. The molecule has 1 amide bonds. The van der Waals surface area contributed by atoms with Crippen LogP contribution in [0.3, 0.4) is 0 Å². The average molecular weight is 465 g/mol. The molecule has 0 aromatic heterocycles. The van der Waals surface area contributed by atoms with E-state index in [1.54, 1.807) is 6.07 Å². The predicted molar refractivity (Wildman–Crippen MR) is 124 cm³/mol. The van der Waals surface area contributed by atoms with E-state index < -0.39 is 0 Å². The lowest BCUT2D eigenvalue weighted by atomic mass is 9.90. The summed E-state index contributed by atoms with van der Waals surface area (Å²) < 4.78 is 11.5. The molecule has 5 rings (SSSR count). The number of carbonyl (C=O) groups excluding carboxylic acids is 2. The van der Waals surface area contributed by atoms with Crippen LogP contribution < -0.4 is 31.8 Å². The van der Waals surface area contributed by atoms with Crippen LogP contribution in [0.4, 0.5) is 0 Å². The second-order valence-corrected chi connectivity index (χ2v) is 9.16. The minimum atomic E-state index is -0.253. The Hall–Kier alpha value is -3.56. The standard InChI is InChI=1S/C25H28N4O5/c26-16(9-28-27)11-33-18-3-1-13(2-4-18)22-12-34-24-15(10-30)5-14(6-21(22)24)25(32)29-23-19-7-17(31)8-20(19)23/h1-6,9-10,17,19-20,22-23,28,31H,7-8,11-12,26-27H2,(H,29,32)/b16-9-. The highest BCUT2D eigenvalue weighted by atomic mass is 16.5. The molecule has 2 aromatic carbocycles. The smallest absolute Gasteiger partial charge is 0.251 e. The van der Waals surface area contributed by atoms with Crippen molar-refractivity contribution in [2.24, 2.45) is 23.4 Å². The first kappa shape index (κ1) is 22.2. The lowest BCUT2D eigenvalue weighted by Gasteiger charge is -2.14. The van der Waals surface area contributed by atoms with Crippen LogP contribution in [-0.2, 0) is 0 Å². The average Bonchev–Trinajstić information content (AvgIpc) is 3.17. The molecular weight excluding hydrogens is 436 g/mol. The van der Waals surface area contributed by atoms with E-state index in [4.69, 9.17) is 21.1 Å². The normalized spacial score (nSPS) is 26.8. The van der Waals surface area contributed by atoms with Gasteiger partial charge in [0.1, 0.15) is 18.1 Å². The Bertz CT molecular complexity index is 1120. The molecule has 1 heterocycles. The van der Waals surface area contributed by atoms with E-state index in [0.717, 1.165) is 30.3 Å². The highest BCUT2D eigenvalue weighted by Gasteiger charge is 2.56. The Kier molecular flexibility index (Phi) is 5.89. The first-order valence-corrected chi connectivity index (χ1v) is 11.4. The van der Waals surface area contributed by atoms with Gasteiger partial charge in [-0.3, -0.25) is 15.4 Å². The van der Waals surface area contributed by atoms with Crippen molar-refractivity contribution in [2.45, 2.75) is 30.9 Å². The lowest BCUT2D eigenvalue weighted by molar-refractivity contribution is 0.0937. The zero-order valence-corrected chi connectivity index (χ0v) is 18.6. The van der Waals surface area contributed by atoms with Crippen molar-refractivity contribution in [1.29, 1.82) is 0 Å². The molecule has 0 saturated heterocycles. The third-order valence-electron chi connectivity index (χ3n) is 6.98. The van der Waals surface area contributed by atoms with Gasteiger partial charge >= 0.3 is 0 Å². The van der Waals surface area contributed by atoms with Crippen LogP contribution in [0.5, 0.6) is 11.5 Å². The molecule has 2 fully saturated rings. The Morgan fingerprint density at radius 2 is 1.94 bits per heavy atom. The van der Waals surface area contributed by atoms with Crippen molar-refractivity contribution < 1.29 is 24.2 Å². The maximum Gasteiger partial charge on any atom is 0.251 e. The van der Waals surface area contributed by atoms with Crippen LogP contribution in [0.1, 0.15) is 50.6 Å². The molecule has 9 nitrogen and oxygen atoms in total. The summed E-state index contributed by atoms with van der Waals surface area (Å²) in [6.07, 6.45) is 3.41. The molecular formula is C25H28N4O5. The van der Waals surface area contributed by atoms with E-state index in [-0.39, 0.29) is 30.6 Å². The van der Waals surface area contributed by atoms with Gasteiger partial charge in [-0.25, -0.2) is 0 Å². The number of hydrogen-bond acceptors (Lipinski definition) is 8. The van der Waals surface area contributed by atoms with Crippen LogP contribution >= 0.6 is 0 Å². The van der Waals surface area contributed by atoms with Crippen molar-refractivity contribution in [3.63, 3.8) is 0 Å². The Morgan fingerprint density at radius 3 is 2.62 bits per heavy atom. The fraction of sp³-hybridized carbons (Fsp3) is 0.360. The summed E-state index contributed by atoms with van der Waals surface area (Å²) in [5, 5.41) is 12.8. The molecule has 2 saturated carbocycles. The van der Waals surface area contributed by atoms with E-state index in [1.165, 1.54) is 6.20 Å². The van der Waals surface area contributed by atoms with E-state index >= 15 is 0 Å². The number of rotatable bonds is 8. The largest absolute Gasteiger partial charge is 0.492 e. The summed E-state index contributed by atoms with van der Waals surface area (Å²) in [4.78, 5) is 24.7. The highest BCUT2D eigenvalue weighted by Crippen LogP contribution is 2.52. The second-order valence-electron chi connectivity index (χ2n) is 9.16. The Balaban J connectivity index is 1.32. The molecule has 2 aromatic rings. The van der Waals surface area contributed by atoms with Crippen molar-refractivity contribution >= 4 is 12.2 Å². The second kappa shape index (κ2) is 9.00. The number of nitrogens with one attached hydrogen (secondary N) is 2. The summed E-state index contributed by atoms with van der Waals surface area (Å²) >= 11 is 0. The number of aldehydes is 1. The molecule has 178 valence electrons. The van der Waals surface area contributed by atoms with Gasteiger partial charge < -0.3 is 31.1 Å². The van der Waals surface area contributed by atoms with Gasteiger partial charge in [0.25, 0.3) is 5.91 Å². The number of hydrazine groups is 1. The molecule has 3 unspecified atom stereocenters. The molecule has 3 aliphatic rings. The highest BCUT2D eigenvalue weighted by molar-refractivity contribution is 5.97. The van der Waals surface area contributed by atoms with Gasteiger partial charge in [-0.15, -0.1) is 0 Å². The van der Waals surface area contributed by atoms with Crippen LogP contribution in [0, 0.1) is 11.8 Å². The fourth-order valence-electron chi connectivity index (χ4n) is 5.22. The van der Waals surface area contributed by atoms with Crippen molar-refractivity contribution in [3.8, 4) is 11.5 Å². The summed E-state index contributed by atoms with van der Waals surface area (Å²) in [5.41, 5.74) is 11.2. The maximum atomic E-state index is 13.0. The number of aliphatic hydroxyl groups excluding tert-OH is 1. The monoisotopic (exact) mass is 464 g/mol. The molecule has 0 radical (unpaired) electrons. The minimum Gasteiger partial charge on any atom is -0.492 e. The predicted octanol–water partition coefficient (Wildman–Crippen LogP) is 1.16. The molecule has 34 heavy (non-hydrogen) atoms. The third kappa shape index (κ3) is 4.20. The Morgan fingerprint density at radius 1 is 1.21 bits per heavy atom. The van der Waals surface area contributed by atoms with Gasteiger partial charge in [0, 0.05) is 29.3 Å². The van der Waals surface area contributed by atoms with Crippen LogP contribution in [0.25, 0.3) is 0 Å². The molecule has 7 N–H and O–H groups in total. The maximum absolute atomic E-state index is 13.0. The molecule has 1 aliphatic heterocycles. The van der Waals surface area contributed by atoms with Crippen LogP contribution in [0.2, 0.25) is 0 Å². The molecule has 9 heteroatoms. The van der Waals surface area contributed by atoms with Crippen molar-refractivity contribution in [2.75, 3.05) is 13.2 Å². The van der Waals surface area contributed by atoms with E-state index in [9.17, 15) is 14.7 Å². The Labute approximate surface area is 197 Å². The van der Waals surface area contributed by atoms with E-state index in [2.05, 4.69) is 10.7 Å². The van der Waals surface area contributed by atoms with Crippen LogP contribution in [-0.4, -0.2) is 42.7 Å². The number of carbonyl (C=O) groups is 2. The van der Waals surface area contributed by atoms with Gasteiger partial charge in [0.15, 0.2) is 6.29 Å². The molecule has 0 bridgehead atoms. The lowest BCUT2D eigenvalue weighted by Crippen LogP contribution is -2.30. The molecule has 0 spiro atoms. The van der Waals surface area contributed by atoms with Crippen molar-refractivity contribution in [1.82, 2.24) is 10.7 Å². The van der Waals surface area contributed by atoms with Gasteiger partial charge in [-0.05, 0) is 54.5 Å².